The molecule has 1 saturated heterocycles. The lowest BCUT2D eigenvalue weighted by Gasteiger charge is -2.24. The number of rotatable bonds is 7. The molecule has 6 heteroatoms. The summed E-state index contributed by atoms with van der Waals surface area (Å²) >= 11 is 0. The molecule has 138 valence electrons. The maximum absolute atomic E-state index is 11.8. The Hall–Kier alpha value is -1.30. The number of likely N-dealkylation sites (tertiary alicyclic amines) is 1. The summed E-state index contributed by atoms with van der Waals surface area (Å²) in [5, 5.41) is 9.76. The van der Waals surface area contributed by atoms with Crippen molar-refractivity contribution in [3.05, 3.63) is 0 Å². The number of hydrogen-bond acceptors (Lipinski definition) is 3. The molecule has 1 aliphatic carbocycles. The fourth-order valence-electron chi connectivity index (χ4n) is 3.64. The van der Waals surface area contributed by atoms with E-state index in [1.54, 1.807) is 7.05 Å². The van der Waals surface area contributed by atoms with Crippen molar-refractivity contribution in [2.24, 2.45) is 4.99 Å². The summed E-state index contributed by atoms with van der Waals surface area (Å²) in [6.07, 6.45) is 8.12. The molecule has 0 aromatic rings. The SMILES string of the molecule is CCC(C)NC(=O)CCNC(=NC)NC1CCN(C2CCCC2)C1. The molecule has 0 radical (unpaired) electrons. The summed E-state index contributed by atoms with van der Waals surface area (Å²) < 4.78 is 0. The van der Waals surface area contributed by atoms with Gasteiger partial charge in [-0.1, -0.05) is 19.8 Å². The van der Waals surface area contributed by atoms with Gasteiger partial charge >= 0.3 is 0 Å². The summed E-state index contributed by atoms with van der Waals surface area (Å²) in [6, 6.07) is 1.51. The average molecular weight is 338 g/mol. The molecule has 0 aromatic heterocycles. The molecule has 0 aromatic carbocycles. The van der Waals surface area contributed by atoms with E-state index < -0.39 is 0 Å². The molecule has 0 bridgehead atoms. The molecular weight excluding hydrogens is 302 g/mol. The Morgan fingerprint density at radius 3 is 2.71 bits per heavy atom. The minimum absolute atomic E-state index is 0.0978. The largest absolute Gasteiger partial charge is 0.356 e. The number of carbonyl (C=O) groups excluding carboxylic acids is 1. The van der Waals surface area contributed by atoms with Crippen LogP contribution in [0, 0.1) is 0 Å². The van der Waals surface area contributed by atoms with Gasteiger partial charge in [0.05, 0.1) is 0 Å². The van der Waals surface area contributed by atoms with Crippen LogP contribution in [0.25, 0.3) is 0 Å². The van der Waals surface area contributed by atoms with Crippen LogP contribution in [0.5, 0.6) is 0 Å². The average Bonchev–Trinajstić information content (AvgIpc) is 3.24. The van der Waals surface area contributed by atoms with Crippen LogP contribution in [0.2, 0.25) is 0 Å². The normalized spacial score (nSPS) is 24.1. The molecular formula is C18H35N5O. The highest BCUT2D eigenvalue weighted by Gasteiger charge is 2.30. The molecule has 1 saturated carbocycles. The van der Waals surface area contributed by atoms with Gasteiger partial charge in [-0.3, -0.25) is 14.7 Å². The van der Waals surface area contributed by atoms with Crippen molar-refractivity contribution in [3.63, 3.8) is 0 Å². The number of carbonyl (C=O) groups is 1. The highest BCUT2D eigenvalue weighted by molar-refractivity contribution is 5.81. The molecule has 3 N–H and O–H groups in total. The Morgan fingerprint density at radius 2 is 2.04 bits per heavy atom. The van der Waals surface area contributed by atoms with Crippen molar-refractivity contribution in [1.29, 1.82) is 0 Å². The quantitative estimate of drug-likeness (QED) is 0.486. The van der Waals surface area contributed by atoms with Gasteiger partial charge in [-0.2, -0.15) is 0 Å². The van der Waals surface area contributed by atoms with Gasteiger partial charge in [0, 0.05) is 51.2 Å². The first-order chi connectivity index (χ1) is 11.6. The molecule has 0 spiro atoms. The lowest BCUT2D eigenvalue weighted by atomic mass is 10.2. The van der Waals surface area contributed by atoms with Crippen molar-refractivity contribution < 1.29 is 4.79 Å². The Balaban J connectivity index is 1.64. The predicted molar refractivity (Wildman–Crippen MR) is 99.2 cm³/mol. The van der Waals surface area contributed by atoms with Gasteiger partial charge in [0.15, 0.2) is 5.96 Å². The number of nitrogens with zero attached hydrogens (tertiary/aromatic N) is 2. The fourth-order valence-corrected chi connectivity index (χ4v) is 3.64. The van der Waals surface area contributed by atoms with Gasteiger partial charge in [-0.15, -0.1) is 0 Å². The van der Waals surface area contributed by atoms with E-state index in [-0.39, 0.29) is 11.9 Å². The molecule has 2 fully saturated rings. The lowest BCUT2D eigenvalue weighted by Crippen LogP contribution is -2.46. The first kappa shape index (κ1) is 19.0. The molecule has 6 nitrogen and oxygen atoms in total. The van der Waals surface area contributed by atoms with Gasteiger partial charge in [0.25, 0.3) is 0 Å². The van der Waals surface area contributed by atoms with Crippen molar-refractivity contribution in [2.75, 3.05) is 26.7 Å². The van der Waals surface area contributed by atoms with E-state index in [1.807, 2.05) is 6.92 Å². The van der Waals surface area contributed by atoms with Crippen LogP contribution in [0.4, 0.5) is 0 Å². The zero-order valence-electron chi connectivity index (χ0n) is 15.6. The summed E-state index contributed by atoms with van der Waals surface area (Å²) in [7, 11) is 1.79. The van der Waals surface area contributed by atoms with Crippen molar-refractivity contribution in [1.82, 2.24) is 20.9 Å². The van der Waals surface area contributed by atoms with E-state index in [0.29, 0.717) is 19.0 Å². The van der Waals surface area contributed by atoms with Gasteiger partial charge in [-0.25, -0.2) is 0 Å². The van der Waals surface area contributed by atoms with Crippen molar-refractivity contribution in [2.45, 2.75) is 76.9 Å². The molecule has 2 unspecified atom stereocenters. The molecule has 24 heavy (non-hydrogen) atoms. The van der Waals surface area contributed by atoms with Crippen LogP contribution in [0.3, 0.4) is 0 Å². The van der Waals surface area contributed by atoms with E-state index in [0.717, 1.165) is 25.0 Å². The van der Waals surface area contributed by atoms with Crippen LogP contribution < -0.4 is 16.0 Å². The van der Waals surface area contributed by atoms with E-state index >= 15 is 0 Å². The highest BCUT2D eigenvalue weighted by atomic mass is 16.1. The predicted octanol–water partition coefficient (Wildman–Crippen LogP) is 1.47. The second-order valence-corrected chi connectivity index (χ2v) is 7.19. The van der Waals surface area contributed by atoms with Gasteiger partial charge < -0.3 is 16.0 Å². The summed E-state index contributed by atoms with van der Waals surface area (Å²) in [4.78, 5) is 18.7. The number of nitrogens with one attached hydrogen (secondary N) is 3. The molecule has 2 atom stereocenters. The van der Waals surface area contributed by atoms with Crippen molar-refractivity contribution in [3.8, 4) is 0 Å². The maximum atomic E-state index is 11.8. The molecule has 1 aliphatic heterocycles. The van der Waals surface area contributed by atoms with Crippen LogP contribution >= 0.6 is 0 Å². The first-order valence-electron chi connectivity index (χ1n) is 9.63. The third-order valence-corrected chi connectivity index (χ3v) is 5.29. The third kappa shape index (κ3) is 5.96. The van der Waals surface area contributed by atoms with E-state index in [4.69, 9.17) is 0 Å². The number of guanidine groups is 1. The Morgan fingerprint density at radius 1 is 1.29 bits per heavy atom. The van der Waals surface area contributed by atoms with Crippen LogP contribution in [0.15, 0.2) is 4.99 Å². The van der Waals surface area contributed by atoms with Crippen LogP contribution in [-0.4, -0.2) is 61.6 Å². The standard InChI is InChI=1S/C18H35N5O/c1-4-14(2)21-17(24)9-11-20-18(19-3)22-15-10-12-23(13-15)16-7-5-6-8-16/h14-16H,4-13H2,1-3H3,(H,21,24)(H2,19,20,22). The Bertz CT molecular complexity index is 420. The summed E-state index contributed by atoms with van der Waals surface area (Å²) in [5.41, 5.74) is 0. The Kier molecular flexibility index (Phi) is 7.82. The minimum atomic E-state index is 0.0978. The second-order valence-electron chi connectivity index (χ2n) is 7.19. The van der Waals surface area contributed by atoms with Gasteiger partial charge in [0.2, 0.25) is 5.91 Å². The second kappa shape index (κ2) is 9.87. The lowest BCUT2D eigenvalue weighted by molar-refractivity contribution is -0.121. The molecule has 2 rings (SSSR count). The monoisotopic (exact) mass is 337 g/mol. The van der Waals surface area contributed by atoms with Crippen molar-refractivity contribution >= 4 is 11.9 Å². The number of hydrogen-bond donors (Lipinski definition) is 3. The maximum Gasteiger partial charge on any atom is 0.221 e. The topological polar surface area (TPSA) is 68.8 Å². The van der Waals surface area contributed by atoms with E-state index in [1.165, 1.54) is 38.6 Å². The van der Waals surface area contributed by atoms with Crippen LogP contribution in [0.1, 0.15) is 58.8 Å². The zero-order chi connectivity index (χ0) is 17.4. The first-order valence-corrected chi connectivity index (χ1v) is 9.63. The van der Waals surface area contributed by atoms with Gasteiger partial charge in [-0.05, 0) is 32.6 Å². The summed E-state index contributed by atoms with van der Waals surface area (Å²) in [6.45, 7) is 7.02. The Labute approximate surface area is 146 Å². The summed E-state index contributed by atoms with van der Waals surface area (Å²) in [5.74, 6) is 0.908. The molecule has 1 amide bonds. The van der Waals surface area contributed by atoms with E-state index in [2.05, 4.69) is 32.8 Å². The van der Waals surface area contributed by atoms with E-state index in [9.17, 15) is 4.79 Å². The molecule has 2 aliphatic rings. The fraction of sp³-hybridized carbons (Fsp3) is 0.889. The smallest absolute Gasteiger partial charge is 0.221 e. The number of amides is 1. The third-order valence-electron chi connectivity index (χ3n) is 5.29. The highest BCUT2D eigenvalue weighted by Crippen LogP contribution is 2.26. The number of aliphatic imine (C=N–C) groups is 1. The molecule has 1 heterocycles. The minimum Gasteiger partial charge on any atom is -0.356 e. The van der Waals surface area contributed by atoms with Gasteiger partial charge in [0.1, 0.15) is 0 Å². The zero-order valence-corrected chi connectivity index (χ0v) is 15.6. The van der Waals surface area contributed by atoms with Crippen LogP contribution in [-0.2, 0) is 4.79 Å².